The highest BCUT2D eigenvalue weighted by Gasteiger charge is 2.11. The zero-order valence-corrected chi connectivity index (χ0v) is 7.80. The molecule has 0 radical (unpaired) electrons. The van der Waals surface area contributed by atoms with E-state index < -0.39 is 0 Å². The van der Waals surface area contributed by atoms with Gasteiger partial charge in [0.15, 0.2) is 0 Å². The smallest absolute Gasteiger partial charge is 0.00214 e. The quantitative estimate of drug-likeness (QED) is 0.577. The molecule has 1 aliphatic rings. The highest BCUT2D eigenvalue weighted by Crippen LogP contribution is 2.25. The lowest BCUT2D eigenvalue weighted by molar-refractivity contribution is 0.554. The molecule has 0 heteroatoms. The van der Waals surface area contributed by atoms with Crippen LogP contribution in [0.2, 0.25) is 0 Å². The molecule has 0 amide bonds. The van der Waals surface area contributed by atoms with Crippen molar-refractivity contribution in [2.24, 2.45) is 11.8 Å². The third-order valence-electron chi connectivity index (χ3n) is 2.25. The van der Waals surface area contributed by atoms with Gasteiger partial charge in [-0.3, -0.25) is 0 Å². The standard InChI is InChI=1S/C11H18/c1-4-5-10-6-7-11(8-10)9(2)3/h6-9,11H,4-5H2,1-3H3. The van der Waals surface area contributed by atoms with Crippen molar-refractivity contribution in [3.05, 3.63) is 23.8 Å². The highest BCUT2D eigenvalue weighted by atomic mass is 14.2. The fourth-order valence-electron chi connectivity index (χ4n) is 1.46. The Bertz CT molecular complexity index is 172. The molecule has 0 spiro atoms. The molecule has 0 bridgehead atoms. The molecule has 0 aliphatic heterocycles. The van der Waals surface area contributed by atoms with Crippen LogP contribution < -0.4 is 0 Å². The summed E-state index contributed by atoms with van der Waals surface area (Å²) in [6.07, 6.45) is 9.54. The van der Waals surface area contributed by atoms with E-state index in [0.717, 1.165) is 5.92 Å². The van der Waals surface area contributed by atoms with E-state index in [2.05, 4.69) is 39.0 Å². The minimum Gasteiger partial charge on any atom is -0.0771 e. The van der Waals surface area contributed by atoms with Crippen LogP contribution in [0.3, 0.4) is 0 Å². The minimum absolute atomic E-state index is 0.705. The molecule has 11 heavy (non-hydrogen) atoms. The summed E-state index contributed by atoms with van der Waals surface area (Å²) >= 11 is 0. The van der Waals surface area contributed by atoms with E-state index in [1.807, 2.05) is 0 Å². The molecule has 0 aromatic carbocycles. The summed E-state index contributed by atoms with van der Waals surface area (Å²) < 4.78 is 0. The van der Waals surface area contributed by atoms with E-state index in [-0.39, 0.29) is 0 Å². The molecule has 0 nitrogen and oxygen atoms in total. The van der Waals surface area contributed by atoms with Gasteiger partial charge in [-0.05, 0) is 18.3 Å². The van der Waals surface area contributed by atoms with Gasteiger partial charge in [0.1, 0.15) is 0 Å². The van der Waals surface area contributed by atoms with Gasteiger partial charge < -0.3 is 0 Å². The molecule has 0 saturated heterocycles. The van der Waals surface area contributed by atoms with Crippen LogP contribution >= 0.6 is 0 Å². The van der Waals surface area contributed by atoms with E-state index in [0.29, 0.717) is 5.92 Å². The largest absolute Gasteiger partial charge is 0.0771 e. The summed E-state index contributed by atoms with van der Waals surface area (Å²) in [6, 6.07) is 0. The van der Waals surface area contributed by atoms with Crippen molar-refractivity contribution in [1.82, 2.24) is 0 Å². The Morgan fingerprint density at radius 2 is 2.18 bits per heavy atom. The summed E-state index contributed by atoms with van der Waals surface area (Å²) in [7, 11) is 0. The Labute approximate surface area is 70.0 Å². The van der Waals surface area contributed by atoms with Crippen LogP contribution in [-0.2, 0) is 0 Å². The van der Waals surface area contributed by atoms with Gasteiger partial charge in [-0.25, -0.2) is 0 Å². The summed E-state index contributed by atoms with van der Waals surface area (Å²) in [5.74, 6) is 1.47. The Kier molecular flexibility index (Phi) is 2.92. The topological polar surface area (TPSA) is 0 Å². The van der Waals surface area contributed by atoms with Gasteiger partial charge in [0.2, 0.25) is 0 Å². The van der Waals surface area contributed by atoms with E-state index in [1.54, 1.807) is 0 Å². The fraction of sp³-hybridized carbons (Fsp3) is 0.636. The zero-order valence-electron chi connectivity index (χ0n) is 7.80. The van der Waals surface area contributed by atoms with Crippen molar-refractivity contribution in [1.29, 1.82) is 0 Å². The molecule has 1 unspecified atom stereocenters. The maximum Gasteiger partial charge on any atom is -0.00214 e. The first-order valence-electron chi connectivity index (χ1n) is 4.63. The highest BCUT2D eigenvalue weighted by molar-refractivity contribution is 5.29. The lowest BCUT2D eigenvalue weighted by atomic mass is 9.97. The monoisotopic (exact) mass is 150 g/mol. The van der Waals surface area contributed by atoms with Gasteiger partial charge in [0.05, 0.1) is 0 Å². The first-order chi connectivity index (χ1) is 5.24. The maximum absolute atomic E-state index is 2.41. The van der Waals surface area contributed by atoms with Crippen molar-refractivity contribution >= 4 is 0 Å². The van der Waals surface area contributed by atoms with Gasteiger partial charge in [-0.15, -0.1) is 0 Å². The lowest BCUT2D eigenvalue weighted by Crippen LogP contribution is -1.98. The Morgan fingerprint density at radius 3 is 2.64 bits per heavy atom. The molecule has 0 aromatic heterocycles. The number of hydrogen-bond acceptors (Lipinski definition) is 0. The van der Waals surface area contributed by atoms with Gasteiger partial charge in [-0.2, -0.15) is 0 Å². The Morgan fingerprint density at radius 1 is 1.45 bits per heavy atom. The number of hydrogen-bond donors (Lipinski definition) is 0. The van der Waals surface area contributed by atoms with Crippen molar-refractivity contribution in [3.8, 4) is 0 Å². The van der Waals surface area contributed by atoms with Crippen LogP contribution in [0.5, 0.6) is 0 Å². The number of allylic oxidation sites excluding steroid dienone is 4. The summed E-state index contributed by atoms with van der Waals surface area (Å²) in [5.41, 5.74) is 1.53. The maximum atomic E-state index is 2.41. The lowest BCUT2D eigenvalue weighted by Gasteiger charge is -2.08. The SMILES string of the molecule is CCCC1=CC(C(C)C)C=C1. The van der Waals surface area contributed by atoms with E-state index >= 15 is 0 Å². The molecule has 1 aliphatic carbocycles. The second-order valence-corrected chi connectivity index (χ2v) is 3.67. The molecule has 0 heterocycles. The Balaban J connectivity index is 2.49. The fourth-order valence-corrected chi connectivity index (χ4v) is 1.46. The molecule has 1 atom stereocenters. The van der Waals surface area contributed by atoms with Crippen molar-refractivity contribution < 1.29 is 0 Å². The van der Waals surface area contributed by atoms with Crippen LogP contribution in [0.25, 0.3) is 0 Å². The molecule has 0 N–H and O–H groups in total. The summed E-state index contributed by atoms with van der Waals surface area (Å²) in [4.78, 5) is 0. The molecule has 0 aromatic rings. The summed E-state index contributed by atoms with van der Waals surface area (Å²) in [5, 5.41) is 0. The first kappa shape index (κ1) is 8.58. The molecular weight excluding hydrogens is 132 g/mol. The van der Waals surface area contributed by atoms with E-state index in [1.165, 1.54) is 18.4 Å². The van der Waals surface area contributed by atoms with E-state index in [4.69, 9.17) is 0 Å². The van der Waals surface area contributed by atoms with Crippen molar-refractivity contribution in [2.75, 3.05) is 0 Å². The number of rotatable bonds is 3. The third-order valence-corrected chi connectivity index (χ3v) is 2.25. The van der Waals surface area contributed by atoms with Crippen LogP contribution in [0, 0.1) is 11.8 Å². The van der Waals surface area contributed by atoms with Gasteiger partial charge >= 0.3 is 0 Å². The second-order valence-electron chi connectivity index (χ2n) is 3.67. The van der Waals surface area contributed by atoms with Gasteiger partial charge in [0, 0.05) is 0 Å². The molecule has 0 saturated carbocycles. The predicted molar refractivity (Wildman–Crippen MR) is 50.5 cm³/mol. The molecule has 0 fully saturated rings. The zero-order chi connectivity index (χ0) is 8.27. The normalized spacial score (nSPS) is 22.9. The first-order valence-corrected chi connectivity index (χ1v) is 4.63. The van der Waals surface area contributed by atoms with Crippen LogP contribution in [0.15, 0.2) is 23.8 Å². The van der Waals surface area contributed by atoms with Crippen LogP contribution in [-0.4, -0.2) is 0 Å². The van der Waals surface area contributed by atoms with Crippen molar-refractivity contribution in [3.63, 3.8) is 0 Å². The molecule has 1 rings (SSSR count). The average molecular weight is 150 g/mol. The van der Waals surface area contributed by atoms with Gasteiger partial charge in [-0.1, -0.05) is 51.0 Å². The minimum atomic E-state index is 0.705. The average Bonchev–Trinajstić information content (AvgIpc) is 2.37. The predicted octanol–water partition coefficient (Wildman–Crippen LogP) is 3.55. The van der Waals surface area contributed by atoms with Crippen molar-refractivity contribution in [2.45, 2.75) is 33.6 Å². The third kappa shape index (κ3) is 2.21. The summed E-state index contributed by atoms with van der Waals surface area (Å²) in [6.45, 7) is 6.79. The van der Waals surface area contributed by atoms with E-state index in [9.17, 15) is 0 Å². The van der Waals surface area contributed by atoms with Crippen LogP contribution in [0.4, 0.5) is 0 Å². The molecule has 62 valence electrons. The second kappa shape index (κ2) is 3.75. The Hall–Kier alpha value is -0.520. The molecular formula is C11H18. The van der Waals surface area contributed by atoms with Crippen LogP contribution in [0.1, 0.15) is 33.6 Å². The van der Waals surface area contributed by atoms with Gasteiger partial charge in [0.25, 0.3) is 0 Å².